The smallest absolute Gasteiger partial charge is 0.302 e. The molecule has 2 aliphatic rings. The van der Waals surface area contributed by atoms with E-state index in [9.17, 15) is 9.59 Å². The van der Waals surface area contributed by atoms with Crippen molar-refractivity contribution in [1.29, 1.82) is 0 Å². The number of para-hydroxylation sites is 1. The summed E-state index contributed by atoms with van der Waals surface area (Å²) in [6.07, 6.45) is -0.299. The molecule has 1 saturated heterocycles. The molecule has 1 fully saturated rings. The van der Waals surface area contributed by atoms with Gasteiger partial charge in [-0.2, -0.15) is 0 Å². The molecule has 2 amide bonds. The normalized spacial score (nSPS) is 24.5. The van der Waals surface area contributed by atoms with Crippen molar-refractivity contribution in [2.75, 3.05) is 11.9 Å². The van der Waals surface area contributed by atoms with Crippen molar-refractivity contribution >= 4 is 17.5 Å². The second-order valence-corrected chi connectivity index (χ2v) is 6.19. The van der Waals surface area contributed by atoms with Gasteiger partial charge in [0.2, 0.25) is 5.91 Å². The van der Waals surface area contributed by atoms with Gasteiger partial charge in [-0.1, -0.05) is 36.4 Å². The van der Waals surface area contributed by atoms with Crippen LogP contribution >= 0.6 is 0 Å². The minimum absolute atomic E-state index is 0.124. The number of carbonyl (C=O) groups is 2. The van der Waals surface area contributed by atoms with Crippen LogP contribution in [-0.4, -0.2) is 29.4 Å². The second kappa shape index (κ2) is 5.20. The molecule has 0 unspecified atom stereocenters. The van der Waals surface area contributed by atoms with E-state index in [4.69, 9.17) is 6.57 Å². The van der Waals surface area contributed by atoms with Gasteiger partial charge >= 0.3 is 6.17 Å². The Morgan fingerprint density at radius 1 is 1.17 bits per heavy atom. The Labute approximate surface area is 139 Å². The summed E-state index contributed by atoms with van der Waals surface area (Å²) in [5, 5.41) is 2.89. The minimum atomic E-state index is -0.823. The Morgan fingerprint density at radius 3 is 2.62 bits per heavy atom. The summed E-state index contributed by atoms with van der Waals surface area (Å²) in [5.41, 5.74) is 1.37. The van der Waals surface area contributed by atoms with E-state index in [1.54, 1.807) is 24.3 Å². The van der Waals surface area contributed by atoms with E-state index in [1.807, 2.05) is 30.3 Å². The van der Waals surface area contributed by atoms with Crippen LogP contribution in [0.1, 0.15) is 22.3 Å². The maximum Gasteiger partial charge on any atom is 0.302 e. The molecule has 118 valence electrons. The van der Waals surface area contributed by atoms with Gasteiger partial charge < -0.3 is 5.32 Å². The van der Waals surface area contributed by atoms with Crippen LogP contribution in [0.5, 0.6) is 0 Å². The standard InChI is InChI=1S/C19H15N3O2/c1-20-16-11-19(14-9-5-6-10-15(14)21-18(19)24)12-22(16)17(23)13-7-3-2-4-8-13/h2-10,16H,11-12H2,(H,21,24)/t16-,19-/m0/s1. The molecule has 24 heavy (non-hydrogen) atoms. The number of likely N-dealkylation sites (tertiary alicyclic amines) is 1. The highest BCUT2D eigenvalue weighted by Crippen LogP contribution is 2.46. The Kier molecular flexibility index (Phi) is 3.14. The molecule has 5 heteroatoms. The van der Waals surface area contributed by atoms with Gasteiger partial charge in [-0.25, -0.2) is 6.57 Å². The summed E-state index contributed by atoms with van der Waals surface area (Å²) in [4.78, 5) is 30.6. The minimum Gasteiger partial charge on any atom is -0.325 e. The lowest BCUT2D eigenvalue weighted by Gasteiger charge is -2.21. The van der Waals surface area contributed by atoms with Crippen molar-refractivity contribution in [3.05, 3.63) is 77.1 Å². The largest absolute Gasteiger partial charge is 0.325 e. The first-order valence-electron chi connectivity index (χ1n) is 7.79. The highest BCUT2D eigenvalue weighted by atomic mass is 16.2. The number of hydrogen-bond donors (Lipinski definition) is 1. The SMILES string of the molecule is [C-]#[N+][C@@H]1C[C@@]2(CN1C(=O)c1ccccc1)C(=O)Nc1ccccc12. The quantitative estimate of drug-likeness (QED) is 0.822. The van der Waals surface area contributed by atoms with E-state index >= 15 is 0 Å². The average molecular weight is 317 g/mol. The topological polar surface area (TPSA) is 53.8 Å². The number of fused-ring (bicyclic) bond motifs is 2. The maximum absolute atomic E-state index is 12.8. The predicted octanol–water partition coefficient (Wildman–Crippen LogP) is 2.67. The van der Waals surface area contributed by atoms with Crippen LogP contribution in [0.3, 0.4) is 0 Å². The summed E-state index contributed by atoms with van der Waals surface area (Å²) in [6, 6.07) is 16.4. The van der Waals surface area contributed by atoms with Gasteiger partial charge in [-0.05, 0) is 23.8 Å². The number of nitrogens with zero attached hydrogens (tertiary/aromatic N) is 2. The van der Waals surface area contributed by atoms with Crippen LogP contribution in [0.15, 0.2) is 54.6 Å². The van der Waals surface area contributed by atoms with Crippen LogP contribution in [0.25, 0.3) is 4.85 Å². The van der Waals surface area contributed by atoms with Crippen molar-refractivity contribution in [3.63, 3.8) is 0 Å². The molecule has 2 aromatic carbocycles. The zero-order valence-electron chi connectivity index (χ0n) is 12.9. The summed E-state index contributed by atoms with van der Waals surface area (Å²) in [6.45, 7) is 7.72. The average Bonchev–Trinajstić information content (AvgIpc) is 3.15. The molecule has 0 saturated carbocycles. The molecular weight excluding hydrogens is 302 g/mol. The number of hydrogen-bond acceptors (Lipinski definition) is 2. The molecule has 2 aromatic rings. The molecule has 0 aromatic heterocycles. The van der Waals surface area contributed by atoms with E-state index < -0.39 is 11.6 Å². The molecule has 2 heterocycles. The van der Waals surface area contributed by atoms with E-state index in [0.717, 1.165) is 11.3 Å². The van der Waals surface area contributed by atoms with E-state index in [2.05, 4.69) is 10.2 Å². The summed E-state index contributed by atoms with van der Waals surface area (Å²) in [5.74, 6) is -0.327. The van der Waals surface area contributed by atoms with Crippen LogP contribution in [0, 0.1) is 6.57 Å². The highest BCUT2D eigenvalue weighted by Gasteiger charge is 2.58. The lowest BCUT2D eigenvalue weighted by Crippen LogP contribution is -2.39. The number of carbonyl (C=O) groups excluding carboxylic acids is 2. The van der Waals surface area contributed by atoms with E-state index in [-0.39, 0.29) is 18.4 Å². The zero-order valence-corrected chi connectivity index (χ0v) is 12.9. The van der Waals surface area contributed by atoms with Gasteiger partial charge in [-0.15, -0.1) is 0 Å². The van der Waals surface area contributed by atoms with Gasteiger partial charge in [0.25, 0.3) is 5.91 Å². The van der Waals surface area contributed by atoms with Crippen molar-refractivity contribution in [3.8, 4) is 0 Å². The molecule has 0 bridgehead atoms. The third-order valence-electron chi connectivity index (χ3n) is 4.89. The number of anilines is 1. The molecule has 5 nitrogen and oxygen atoms in total. The summed E-state index contributed by atoms with van der Waals surface area (Å²) >= 11 is 0. The fourth-order valence-corrected chi connectivity index (χ4v) is 3.68. The van der Waals surface area contributed by atoms with Crippen molar-refractivity contribution < 1.29 is 9.59 Å². The van der Waals surface area contributed by atoms with Crippen LogP contribution < -0.4 is 5.32 Å². The Morgan fingerprint density at radius 2 is 1.88 bits per heavy atom. The summed E-state index contributed by atoms with van der Waals surface area (Å²) in [7, 11) is 0. The van der Waals surface area contributed by atoms with Gasteiger partial charge in [-0.3, -0.25) is 19.3 Å². The van der Waals surface area contributed by atoms with Crippen molar-refractivity contribution in [1.82, 2.24) is 4.90 Å². The molecule has 0 radical (unpaired) electrons. The molecule has 1 N–H and O–H groups in total. The van der Waals surface area contributed by atoms with Gasteiger partial charge in [0.1, 0.15) is 5.41 Å². The van der Waals surface area contributed by atoms with Gasteiger partial charge in [0.05, 0.1) is 6.42 Å². The number of benzene rings is 2. The molecule has 2 atom stereocenters. The first kappa shape index (κ1) is 14.5. The maximum atomic E-state index is 12.8. The number of rotatable bonds is 1. The Bertz CT molecular complexity index is 872. The van der Waals surface area contributed by atoms with Crippen LogP contribution in [-0.2, 0) is 10.2 Å². The van der Waals surface area contributed by atoms with Crippen molar-refractivity contribution in [2.24, 2.45) is 0 Å². The van der Waals surface area contributed by atoms with Crippen molar-refractivity contribution in [2.45, 2.75) is 18.0 Å². The number of nitrogens with one attached hydrogen (secondary N) is 1. The molecule has 4 rings (SSSR count). The predicted molar refractivity (Wildman–Crippen MR) is 89.2 cm³/mol. The molecular formula is C19H15N3O2. The monoisotopic (exact) mass is 317 g/mol. The second-order valence-electron chi connectivity index (χ2n) is 6.19. The lowest BCUT2D eigenvalue weighted by molar-refractivity contribution is -0.120. The van der Waals surface area contributed by atoms with E-state index in [0.29, 0.717) is 12.0 Å². The summed E-state index contributed by atoms with van der Waals surface area (Å²) < 4.78 is 0. The fourth-order valence-electron chi connectivity index (χ4n) is 3.68. The van der Waals surface area contributed by atoms with Crippen LogP contribution in [0.2, 0.25) is 0 Å². The fraction of sp³-hybridized carbons (Fsp3) is 0.211. The van der Waals surface area contributed by atoms with Crippen LogP contribution in [0.4, 0.5) is 5.69 Å². The van der Waals surface area contributed by atoms with Gasteiger partial charge in [0, 0.05) is 17.8 Å². The molecule has 0 aliphatic carbocycles. The Hall–Kier alpha value is -3.13. The third-order valence-corrected chi connectivity index (χ3v) is 4.89. The number of amides is 2. The molecule has 2 aliphatic heterocycles. The van der Waals surface area contributed by atoms with E-state index in [1.165, 1.54) is 4.90 Å². The zero-order chi connectivity index (χ0) is 16.7. The first-order valence-corrected chi connectivity index (χ1v) is 7.79. The highest BCUT2D eigenvalue weighted by molar-refractivity contribution is 6.07. The van der Waals surface area contributed by atoms with Gasteiger partial charge in [0.15, 0.2) is 0 Å². The lowest BCUT2D eigenvalue weighted by atomic mass is 9.80. The third kappa shape index (κ3) is 1.93. The molecule has 1 spiro atoms. The first-order chi connectivity index (χ1) is 11.7. The Balaban J connectivity index is 1.74.